The van der Waals surface area contributed by atoms with Crippen molar-refractivity contribution in [3.63, 3.8) is 0 Å². The number of anilines is 9. The van der Waals surface area contributed by atoms with Crippen molar-refractivity contribution in [3.8, 4) is 33.4 Å². The number of rotatable bonds is 15. The van der Waals surface area contributed by atoms with E-state index in [0.29, 0.717) is 0 Å². The van der Waals surface area contributed by atoms with Crippen molar-refractivity contribution in [2.45, 2.75) is 96.3 Å². The van der Waals surface area contributed by atoms with Crippen LogP contribution < -0.4 is 14.7 Å². The van der Waals surface area contributed by atoms with E-state index in [2.05, 4.69) is 293 Å². The van der Waals surface area contributed by atoms with Crippen LogP contribution in [0.2, 0.25) is 0 Å². The number of fused-ring (bicyclic) bond motifs is 12. The first kappa shape index (κ1) is 49.2. The maximum absolute atomic E-state index is 2.60. The Kier molecular flexibility index (Phi) is 12.3. The topological polar surface area (TPSA) is 9.72 Å². The molecule has 13 rings (SSSR count). The lowest BCUT2D eigenvalue weighted by atomic mass is 9.65. The van der Waals surface area contributed by atoms with E-state index >= 15 is 0 Å². The van der Waals surface area contributed by atoms with E-state index in [9.17, 15) is 0 Å². The van der Waals surface area contributed by atoms with Crippen LogP contribution in [0.5, 0.6) is 0 Å². The normalized spacial score (nSPS) is 14.4. The van der Waals surface area contributed by atoms with Gasteiger partial charge in [-0.1, -0.05) is 169 Å². The van der Waals surface area contributed by atoms with Crippen molar-refractivity contribution in [1.82, 2.24) is 0 Å². The van der Waals surface area contributed by atoms with Crippen LogP contribution in [-0.2, 0) is 16.2 Å². The van der Waals surface area contributed by atoms with E-state index in [1.165, 1.54) is 67.1 Å². The smallest absolute Gasteiger partial charge is 0.0465 e. The number of para-hydroxylation sites is 6. The first-order chi connectivity index (χ1) is 38.4. The predicted molar refractivity (Wildman–Crippen MR) is 331 cm³/mol. The molecule has 0 bridgehead atoms. The summed E-state index contributed by atoms with van der Waals surface area (Å²) < 4.78 is 0. The standard InChI is InChI=1S/C75H69N3/c1-7-73(8-2)64-49-58(76(52-31-19-13-20-32-52)53-33-21-14-22-34-53)43-46-61(64)67-70(73)68-62-47-44-59(77(54-35-23-15-24-36-54)55-37-25-16-26-38-55)50-65(62)74(9-3,10-4)72(68)69-63-48-45-60(51-66(63)75(11-5,12-6)71(67)69)78(56-39-27-17-28-40-56)57-41-29-18-30-42-57/h13-51H,7-12H2,1-6H3. The monoisotopic (exact) mass is 1010 g/mol. The van der Waals surface area contributed by atoms with Crippen LogP contribution in [0.25, 0.3) is 33.4 Å². The SMILES string of the molecule is CCC1(CC)c2cc(N(c3ccccc3)c3ccccc3)ccc2-c2c1c1c(c3c2C(CC)(CC)c2cc(N(c4ccccc4)c4ccccc4)ccc2-3)C(CC)(CC)c2cc(N(c3ccccc3)c3ccccc3)ccc2-1. The van der Waals surface area contributed by atoms with E-state index < -0.39 is 0 Å². The molecule has 0 saturated heterocycles. The Balaban J connectivity index is 1.14. The summed E-state index contributed by atoms with van der Waals surface area (Å²) in [4.78, 5) is 7.38. The minimum atomic E-state index is -0.267. The Morgan fingerprint density at radius 2 is 0.423 bits per heavy atom. The van der Waals surface area contributed by atoms with Crippen molar-refractivity contribution >= 4 is 51.2 Å². The fourth-order valence-electron chi connectivity index (χ4n) is 15.0. The van der Waals surface area contributed by atoms with Gasteiger partial charge in [0.15, 0.2) is 0 Å². The Labute approximate surface area is 463 Å². The minimum absolute atomic E-state index is 0.267. The molecule has 0 spiro atoms. The number of benzene rings is 10. The summed E-state index contributed by atoms with van der Waals surface area (Å²) in [5.74, 6) is 0. The van der Waals surface area contributed by atoms with Gasteiger partial charge in [-0.3, -0.25) is 0 Å². The lowest BCUT2D eigenvalue weighted by Gasteiger charge is -2.37. The zero-order chi connectivity index (χ0) is 53.2. The molecule has 10 aromatic carbocycles. The molecule has 0 aliphatic heterocycles. The maximum Gasteiger partial charge on any atom is 0.0465 e. The van der Waals surface area contributed by atoms with Gasteiger partial charge >= 0.3 is 0 Å². The third-order valence-corrected chi connectivity index (χ3v) is 18.8. The van der Waals surface area contributed by atoms with Gasteiger partial charge in [0.05, 0.1) is 0 Å². The minimum Gasteiger partial charge on any atom is -0.310 e. The van der Waals surface area contributed by atoms with Gasteiger partial charge in [0, 0.05) is 67.4 Å². The Hall–Kier alpha value is -8.40. The second kappa shape index (κ2) is 19.6. The average Bonchev–Trinajstić information content (AvgIpc) is 4.17. The average molecular weight is 1010 g/mol. The highest BCUT2D eigenvalue weighted by molar-refractivity contribution is 6.06. The van der Waals surface area contributed by atoms with Crippen molar-refractivity contribution in [2.24, 2.45) is 0 Å². The van der Waals surface area contributed by atoms with Gasteiger partial charge in [-0.15, -0.1) is 0 Å². The van der Waals surface area contributed by atoms with Crippen LogP contribution in [0.1, 0.15) is 113 Å². The summed E-state index contributed by atoms with van der Waals surface area (Å²) >= 11 is 0. The quantitative estimate of drug-likeness (QED) is 0.101. The van der Waals surface area contributed by atoms with Crippen LogP contribution in [0.3, 0.4) is 0 Å². The molecule has 0 fully saturated rings. The van der Waals surface area contributed by atoms with Crippen LogP contribution in [0.4, 0.5) is 51.2 Å². The molecule has 3 aliphatic carbocycles. The van der Waals surface area contributed by atoms with Crippen molar-refractivity contribution in [2.75, 3.05) is 14.7 Å². The highest BCUT2D eigenvalue weighted by Gasteiger charge is 2.56. The Morgan fingerprint density at radius 3 is 0.603 bits per heavy atom. The van der Waals surface area contributed by atoms with Crippen molar-refractivity contribution in [3.05, 3.63) is 270 Å². The summed E-state index contributed by atoms with van der Waals surface area (Å²) in [6.45, 7) is 14.8. The molecule has 3 aliphatic rings. The van der Waals surface area contributed by atoms with Crippen LogP contribution in [-0.4, -0.2) is 0 Å². The molecular weight excluding hydrogens is 943 g/mol. The van der Waals surface area contributed by atoms with Crippen molar-refractivity contribution in [1.29, 1.82) is 0 Å². The molecule has 10 aromatic rings. The van der Waals surface area contributed by atoms with Gasteiger partial charge in [0.25, 0.3) is 0 Å². The van der Waals surface area contributed by atoms with Gasteiger partial charge in [-0.05, 0) is 214 Å². The lowest BCUT2D eigenvalue weighted by Crippen LogP contribution is -2.29. The van der Waals surface area contributed by atoms with Gasteiger partial charge < -0.3 is 14.7 Å². The number of nitrogens with zero attached hydrogens (tertiary/aromatic N) is 3. The summed E-state index contributed by atoms with van der Waals surface area (Å²) in [5, 5.41) is 0. The summed E-state index contributed by atoms with van der Waals surface area (Å²) in [6.07, 6.45) is 5.89. The van der Waals surface area contributed by atoms with Crippen LogP contribution >= 0.6 is 0 Å². The third kappa shape index (κ3) is 7.16. The molecule has 0 heterocycles. The van der Waals surface area contributed by atoms with E-state index in [0.717, 1.165) is 72.6 Å². The molecule has 0 radical (unpaired) electrons. The van der Waals surface area contributed by atoms with Gasteiger partial charge in [-0.2, -0.15) is 0 Å². The van der Waals surface area contributed by atoms with E-state index in [4.69, 9.17) is 0 Å². The fraction of sp³-hybridized carbons (Fsp3) is 0.200. The van der Waals surface area contributed by atoms with E-state index in [1.807, 2.05) is 0 Å². The van der Waals surface area contributed by atoms with Crippen LogP contribution in [0.15, 0.2) is 237 Å². The molecule has 0 saturated carbocycles. The molecule has 3 heteroatoms. The van der Waals surface area contributed by atoms with Gasteiger partial charge in [0.1, 0.15) is 0 Å². The second-order valence-electron chi connectivity index (χ2n) is 21.8. The first-order valence-corrected chi connectivity index (χ1v) is 28.8. The molecule has 0 unspecified atom stereocenters. The highest BCUT2D eigenvalue weighted by Crippen LogP contribution is 2.71. The molecule has 3 nitrogen and oxygen atoms in total. The fourth-order valence-corrected chi connectivity index (χ4v) is 15.0. The summed E-state index contributed by atoms with van der Waals surface area (Å²) in [6, 6.07) is 88.3. The van der Waals surface area contributed by atoms with Crippen molar-refractivity contribution < 1.29 is 0 Å². The molecule has 384 valence electrons. The van der Waals surface area contributed by atoms with Crippen LogP contribution in [0, 0.1) is 0 Å². The molecule has 0 amide bonds. The lowest BCUT2D eigenvalue weighted by molar-refractivity contribution is 0.473. The highest BCUT2D eigenvalue weighted by atomic mass is 15.2. The zero-order valence-corrected chi connectivity index (χ0v) is 46.1. The number of hydrogen-bond acceptors (Lipinski definition) is 3. The van der Waals surface area contributed by atoms with Gasteiger partial charge in [-0.25, -0.2) is 0 Å². The Morgan fingerprint density at radius 1 is 0.231 bits per heavy atom. The Bertz CT molecular complexity index is 3260. The molecule has 78 heavy (non-hydrogen) atoms. The number of hydrogen-bond donors (Lipinski definition) is 0. The van der Waals surface area contributed by atoms with E-state index in [1.54, 1.807) is 16.7 Å². The van der Waals surface area contributed by atoms with Gasteiger partial charge in [0.2, 0.25) is 0 Å². The molecule has 0 aromatic heterocycles. The largest absolute Gasteiger partial charge is 0.310 e. The summed E-state index contributed by atoms with van der Waals surface area (Å²) in [5.41, 5.74) is 27.3. The molecule has 0 N–H and O–H groups in total. The van der Waals surface area contributed by atoms with E-state index in [-0.39, 0.29) is 16.2 Å². The first-order valence-electron chi connectivity index (χ1n) is 28.8. The maximum atomic E-state index is 2.60. The third-order valence-electron chi connectivity index (χ3n) is 18.8. The molecular formula is C75H69N3. The predicted octanol–water partition coefficient (Wildman–Crippen LogP) is 21.4. The molecule has 0 atom stereocenters. The zero-order valence-electron chi connectivity index (χ0n) is 46.1. The summed E-state index contributed by atoms with van der Waals surface area (Å²) in [7, 11) is 0. The second-order valence-corrected chi connectivity index (χ2v) is 21.8.